The number of alkyl halides is 3. The minimum atomic E-state index is -5.08. The summed E-state index contributed by atoms with van der Waals surface area (Å²) in [7, 11) is 0. The van der Waals surface area contributed by atoms with Gasteiger partial charge < -0.3 is 34.9 Å². The fourth-order valence-corrected chi connectivity index (χ4v) is 3.20. The second-order valence-corrected chi connectivity index (χ2v) is 7.21. The molecule has 3 heterocycles. The number of fused-ring (bicyclic) bond motifs is 1. The number of carbonyl (C=O) groups is 1. The van der Waals surface area contributed by atoms with Crippen molar-refractivity contribution in [2.24, 2.45) is 0 Å². The zero-order chi connectivity index (χ0) is 24.0. The van der Waals surface area contributed by atoms with Gasteiger partial charge in [0.25, 0.3) is 0 Å². The van der Waals surface area contributed by atoms with Crippen molar-refractivity contribution < 1.29 is 37.5 Å². The third-order valence-corrected chi connectivity index (χ3v) is 4.88. The Bertz CT molecular complexity index is 960. The first-order valence-electron chi connectivity index (χ1n) is 10.0. The largest absolute Gasteiger partial charge is 0.490 e. The summed E-state index contributed by atoms with van der Waals surface area (Å²) in [6.07, 6.45) is -3.13. The monoisotopic (exact) mass is 473 g/mol. The van der Waals surface area contributed by atoms with Crippen molar-refractivity contribution >= 4 is 17.5 Å². The molecule has 0 radical (unpaired) electrons. The zero-order valence-corrected chi connectivity index (χ0v) is 17.3. The van der Waals surface area contributed by atoms with Crippen LogP contribution in [0, 0.1) is 10.1 Å². The molecule has 0 amide bonds. The molecule has 11 nitrogen and oxygen atoms in total. The van der Waals surface area contributed by atoms with Crippen molar-refractivity contribution in [3.05, 3.63) is 40.6 Å². The number of carboxylic acids is 1. The Morgan fingerprint density at radius 1 is 1.27 bits per heavy atom. The molecule has 33 heavy (non-hydrogen) atoms. The number of halogens is 3. The molecule has 1 saturated heterocycles. The molecule has 2 aliphatic rings. The van der Waals surface area contributed by atoms with Gasteiger partial charge in [-0.25, -0.2) is 4.79 Å². The van der Waals surface area contributed by atoms with E-state index < -0.39 is 17.1 Å². The molecule has 0 spiro atoms. The predicted octanol–water partition coefficient (Wildman–Crippen LogP) is 2.06. The molecule has 0 bridgehead atoms. The number of imidazole rings is 1. The van der Waals surface area contributed by atoms with Crippen molar-refractivity contribution in [1.82, 2.24) is 14.9 Å². The van der Waals surface area contributed by atoms with E-state index in [1.807, 2.05) is 12.1 Å². The second-order valence-electron chi connectivity index (χ2n) is 7.21. The van der Waals surface area contributed by atoms with Crippen molar-refractivity contribution in [1.29, 1.82) is 0 Å². The van der Waals surface area contributed by atoms with Gasteiger partial charge in [-0.15, -0.1) is 0 Å². The normalized spacial score (nSPS) is 17.8. The number of aromatic nitrogens is 2. The third kappa shape index (κ3) is 6.71. The van der Waals surface area contributed by atoms with Gasteiger partial charge in [-0.1, -0.05) is 0 Å². The summed E-state index contributed by atoms with van der Waals surface area (Å²) < 4.78 is 44.9. The molecule has 2 aromatic rings. The molecular weight excluding hydrogens is 451 g/mol. The van der Waals surface area contributed by atoms with Gasteiger partial charge in [0.1, 0.15) is 24.7 Å². The molecule has 0 saturated carbocycles. The highest BCUT2D eigenvalue weighted by atomic mass is 19.4. The van der Waals surface area contributed by atoms with Gasteiger partial charge in [-0.3, -0.25) is 4.57 Å². The molecule has 1 fully saturated rings. The number of nitrogens with one attached hydrogen (secondary N) is 1. The molecule has 2 aliphatic heterocycles. The molecule has 4 rings (SSSR count). The van der Waals surface area contributed by atoms with Crippen molar-refractivity contribution in [3.63, 3.8) is 0 Å². The van der Waals surface area contributed by atoms with Gasteiger partial charge in [0, 0.05) is 49.8 Å². The summed E-state index contributed by atoms with van der Waals surface area (Å²) in [5, 5.41) is 21.3. The van der Waals surface area contributed by atoms with E-state index in [4.69, 9.17) is 19.4 Å². The van der Waals surface area contributed by atoms with Crippen LogP contribution in [0.2, 0.25) is 0 Å². The summed E-state index contributed by atoms with van der Waals surface area (Å²) in [5.74, 6) is -2.16. The smallest absolute Gasteiger partial charge is 0.490 e. The van der Waals surface area contributed by atoms with Crippen molar-refractivity contribution in [2.75, 3.05) is 37.7 Å². The van der Waals surface area contributed by atoms with Crippen LogP contribution in [0.4, 0.5) is 24.7 Å². The Morgan fingerprint density at radius 2 is 1.91 bits per heavy atom. The van der Waals surface area contributed by atoms with E-state index in [0.29, 0.717) is 13.2 Å². The highest BCUT2D eigenvalue weighted by Gasteiger charge is 2.38. The van der Waals surface area contributed by atoms with E-state index >= 15 is 0 Å². The van der Waals surface area contributed by atoms with Gasteiger partial charge in [0.2, 0.25) is 0 Å². The van der Waals surface area contributed by atoms with Crippen molar-refractivity contribution in [3.8, 4) is 11.8 Å². The van der Waals surface area contributed by atoms with Crippen LogP contribution in [0.3, 0.4) is 0 Å². The molecule has 1 atom stereocenters. The quantitative estimate of drug-likeness (QED) is 0.495. The SMILES string of the molecule is O=C(O)C(F)(F)F.O=[N+]([O-])c1cn2c(n1)O[C@@H](COc1ccc(N3CCNCC3)cc1)CC2. The maximum Gasteiger partial charge on any atom is 0.490 e. The highest BCUT2D eigenvalue weighted by molar-refractivity contribution is 5.73. The van der Waals surface area contributed by atoms with E-state index in [-0.39, 0.29) is 17.9 Å². The lowest BCUT2D eigenvalue weighted by molar-refractivity contribution is -0.389. The number of hydrogen-bond donors (Lipinski definition) is 2. The van der Waals surface area contributed by atoms with Crippen LogP contribution in [0.25, 0.3) is 0 Å². The minimum absolute atomic E-state index is 0.169. The van der Waals surface area contributed by atoms with Crippen LogP contribution >= 0.6 is 0 Å². The average molecular weight is 473 g/mol. The number of nitrogens with zero attached hydrogens (tertiary/aromatic N) is 4. The predicted molar refractivity (Wildman–Crippen MR) is 109 cm³/mol. The van der Waals surface area contributed by atoms with E-state index in [1.54, 1.807) is 4.57 Å². The lowest BCUT2D eigenvalue weighted by Crippen LogP contribution is -2.43. The van der Waals surface area contributed by atoms with Gasteiger partial charge in [0.05, 0.1) is 0 Å². The fraction of sp³-hybridized carbons (Fsp3) is 0.474. The van der Waals surface area contributed by atoms with Crippen LogP contribution in [0.5, 0.6) is 11.8 Å². The first-order valence-corrected chi connectivity index (χ1v) is 10.0. The van der Waals surface area contributed by atoms with Crippen LogP contribution in [-0.2, 0) is 11.3 Å². The van der Waals surface area contributed by atoms with Crippen LogP contribution in [0.1, 0.15) is 6.42 Å². The number of benzene rings is 1. The molecule has 180 valence electrons. The van der Waals surface area contributed by atoms with Gasteiger partial charge in [-0.2, -0.15) is 13.2 Å². The first kappa shape index (κ1) is 24.1. The summed E-state index contributed by atoms with van der Waals surface area (Å²) in [5.41, 5.74) is 1.20. The molecule has 1 aromatic carbocycles. The Labute approximate surface area is 185 Å². The molecule has 0 unspecified atom stereocenters. The minimum Gasteiger partial charge on any atom is -0.490 e. The van der Waals surface area contributed by atoms with E-state index in [9.17, 15) is 23.3 Å². The Hall–Kier alpha value is -3.55. The maximum atomic E-state index is 10.8. The number of aliphatic carboxylic acids is 1. The van der Waals surface area contributed by atoms with Crippen LogP contribution < -0.4 is 19.7 Å². The number of nitro groups is 1. The number of rotatable bonds is 5. The van der Waals surface area contributed by atoms with E-state index in [1.165, 1.54) is 11.9 Å². The first-order chi connectivity index (χ1) is 15.6. The molecular formula is C19H22F3N5O6. The van der Waals surface area contributed by atoms with Gasteiger partial charge in [-0.05, 0) is 29.2 Å². The molecule has 2 N–H and O–H groups in total. The number of piperazine rings is 1. The third-order valence-electron chi connectivity index (χ3n) is 4.88. The highest BCUT2D eigenvalue weighted by Crippen LogP contribution is 2.25. The number of ether oxygens (including phenoxy) is 2. The topological polar surface area (TPSA) is 132 Å². The number of carboxylic acid groups (broad SMARTS) is 1. The average Bonchev–Trinajstić information content (AvgIpc) is 3.22. The maximum absolute atomic E-state index is 10.8. The Kier molecular flexibility index (Phi) is 7.58. The van der Waals surface area contributed by atoms with Crippen LogP contribution in [-0.4, -0.2) is 70.6 Å². The van der Waals surface area contributed by atoms with Gasteiger partial charge in [0.15, 0.2) is 0 Å². The lowest BCUT2D eigenvalue weighted by Gasteiger charge is -2.29. The molecule has 14 heteroatoms. The second kappa shape index (κ2) is 10.4. The lowest BCUT2D eigenvalue weighted by atomic mass is 10.2. The zero-order valence-electron chi connectivity index (χ0n) is 17.3. The Balaban J connectivity index is 0.000000383. The Morgan fingerprint density at radius 3 is 2.48 bits per heavy atom. The number of hydrogen-bond acceptors (Lipinski definition) is 8. The summed E-state index contributed by atoms with van der Waals surface area (Å²) in [6.45, 7) is 5.04. The molecule has 0 aliphatic carbocycles. The number of anilines is 1. The van der Waals surface area contributed by atoms with Gasteiger partial charge >= 0.3 is 24.0 Å². The van der Waals surface area contributed by atoms with E-state index in [0.717, 1.165) is 38.3 Å². The summed E-state index contributed by atoms with van der Waals surface area (Å²) >= 11 is 0. The summed E-state index contributed by atoms with van der Waals surface area (Å²) in [4.78, 5) is 25.4. The standard InChI is InChI=1S/C17H21N5O4.C2HF3O2/c23-22(24)16-11-21-8-5-15(26-17(21)19-16)12-25-14-3-1-13(2-4-14)20-9-6-18-7-10-20;3-2(4,5)1(6)7/h1-4,11,15,18H,5-10,12H2;(H,6,7)/t15-;/m1./s1. The fourth-order valence-electron chi connectivity index (χ4n) is 3.20. The van der Waals surface area contributed by atoms with Crippen LogP contribution in [0.15, 0.2) is 30.5 Å². The van der Waals surface area contributed by atoms with Crippen molar-refractivity contribution in [2.45, 2.75) is 25.2 Å². The van der Waals surface area contributed by atoms with E-state index in [2.05, 4.69) is 27.3 Å². The summed E-state index contributed by atoms with van der Waals surface area (Å²) in [6, 6.07) is 8.35. The number of aryl methyl sites for hydroxylation is 1. The molecule has 1 aromatic heterocycles.